The van der Waals surface area contributed by atoms with E-state index >= 15 is 0 Å². The summed E-state index contributed by atoms with van der Waals surface area (Å²) < 4.78 is 0. The number of hydrogen-bond donors (Lipinski definition) is 2. The van der Waals surface area contributed by atoms with Crippen LogP contribution in [-0.4, -0.2) is 30.0 Å². The third-order valence-corrected chi connectivity index (χ3v) is 2.94. The van der Waals surface area contributed by atoms with Crippen molar-refractivity contribution in [3.05, 3.63) is 29.0 Å². The van der Waals surface area contributed by atoms with E-state index in [2.05, 4.69) is 15.6 Å². The van der Waals surface area contributed by atoms with Crippen LogP contribution in [0.5, 0.6) is 0 Å². The lowest BCUT2D eigenvalue weighted by molar-refractivity contribution is 0.0930. The quantitative estimate of drug-likeness (QED) is 0.807. The second kappa shape index (κ2) is 6.79. The minimum absolute atomic E-state index is 0. The van der Waals surface area contributed by atoms with Crippen LogP contribution in [-0.2, 0) is 0 Å². The van der Waals surface area contributed by atoms with Crippen molar-refractivity contribution in [3.8, 4) is 0 Å². The number of pyridine rings is 1. The summed E-state index contributed by atoms with van der Waals surface area (Å²) in [5.41, 5.74) is 0.440. The molecule has 0 bridgehead atoms. The largest absolute Gasteiger partial charge is 0.348 e. The predicted molar refractivity (Wildman–Crippen MR) is 69.9 cm³/mol. The molecule has 0 aliphatic carbocycles. The number of hydrogen-bond acceptors (Lipinski definition) is 3. The average Bonchev–Trinajstić information content (AvgIpc) is 2.31. The molecule has 0 radical (unpaired) electrons. The maximum atomic E-state index is 11.9. The van der Waals surface area contributed by atoms with Crippen molar-refractivity contribution >= 4 is 29.9 Å². The van der Waals surface area contributed by atoms with Gasteiger partial charge in [-0.15, -0.1) is 12.4 Å². The Bertz CT molecular complexity index is 381. The van der Waals surface area contributed by atoms with E-state index in [1.165, 1.54) is 0 Å². The lowest BCUT2D eigenvalue weighted by Crippen LogP contribution is -2.45. The molecule has 94 valence electrons. The topological polar surface area (TPSA) is 54.0 Å². The Labute approximate surface area is 112 Å². The summed E-state index contributed by atoms with van der Waals surface area (Å²) in [6.07, 6.45) is 3.67. The normalized spacial score (nSPS) is 19.2. The van der Waals surface area contributed by atoms with Gasteiger partial charge in [0.2, 0.25) is 0 Å². The third kappa shape index (κ3) is 3.84. The molecule has 0 saturated carbocycles. The summed E-state index contributed by atoms with van der Waals surface area (Å²) >= 11 is 5.85. The molecule has 0 unspecified atom stereocenters. The van der Waals surface area contributed by atoms with Gasteiger partial charge in [0.15, 0.2) is 0 Å². The molecule has 2 heterocycles. The van der Waals surface area contributed by atoms with Crippen LogP contribution in [0.15, 0.2) is 18.3 Å². The molecule has 2 rings (SSSR count). The number of nitrogens with one attached hydrogen (secondary N) is 2. The Hall–Kier alpha value is -0.840. The smallest absolute Gasteiger partial charge is 0.254 e. The van der Waals surface area contributed by atoms with Crippen LogP contribution < -0.4 is 10.6 Å². The van der Waals surface area contributed by atoms with Crippen molar-refractivity contribution < 1.29 is 4.79 Å². The van der Waals surface area contributed by atoms with E-state index in [0.717, 1.165) is 25.9 Å². The van der Waals surface area contributed by atoms with Gasteiger partial charge in [0.25, 0.3) is 5.91 Å². The molecule has 2 N–H and O–H groups in total. The molecule has 1 fully saturated rings. The van der Waals surface area contributed by atoms with Crippen LogP contribution >= 0.6 is 24.0 Å². The van der Waals surface area contributed by atoms with Crippen LogP contribution in [0.2, 0.25) is 5.15 Å². The summed E-state index contributed by atoms with van der Waals surface area (Å²) in [6, 6.07) is 3.58. The molecule has 1 aromatic heterocycles. The minimum atomic E-state index is -0.146. The molecule has 4 nitrogen and oxygen atoms in total. The third-order valence-electron chi connectivity index (χ3n) is 2.64. The average molecular weight is 276 g/mol. The molecule has 1 amide bonds. The predicted octanol–water partition coefficient (Wildman–Crippen LogP) is 1.64. The highest BCUT2D eigenvalue weighted by Gasteiger charge is 2.17. The SMILES string of the molecule is Cl.O=C(N[C@@H]1CCCNC1)c1cccnc1Cl. The van der Waals surface area contributed by atoms with Crippen LogP contribution in [0.4, 0.5) is 0 Å². The standard InChI is InChI=1S/C11H14ClN3O.ClH/c12-10-9(4-2-6-14-10)11(16)15-8-3-1-5-13-7-8;/h2,4,6,8,13H,1,3,5,7H2,(H,15,16);1H/t8-;/m1./s1. The second-order valence-corrected chi connectivity index (χ2v) is 4.22. The summed E-state index contributed by atoms with van der Waals surface area (Å²) in [6.45, 7) is 1.85. The van der Waals surface area contributed by atoms with Crippen molar-refractivity contribution in [1.82, 2.24) is 15.6 Å². The minimum Gasteiger partial charge on any atom is -0.348 e. The maximum Gasteiger partial charge on any atom is 0.254 e. The van der Waals surface area contributed by atoms with Crippen molar-refractivity contribution in [1.29, 1.82) is 0 Å². The van der Waals surface area contributed by atoms with Gasteiger partial charge in [-0.05, 0) is 31.5 Å². The van der Waals surface area contributed by atoms with Gasteiger partial charge >= 0.3 is 0 Å². The highest BCUT2D eigenvalue weighted by atomic mass is 35.5. The van der Waals surface area contributed by atoms with E-state index in [4.69, 9.17) is 11.6 Å². The first-order valence-electron chi connectivity index (χ1n) is 5.39. The number of carbonyl (C=O) groups excluding carboxylic acids is 1. The van der Waals surface area contributed by atoms with Crippen molar-refractivity contribution in [2.24, 2.45) is 0 Å². The highest BCUT2D eigenvalue weighted by Crippen LogP contribution is 2.12. The Morgan fingerprint density at radius 3 is 3.06 bits per heavy atom. The van der Waals surface area contributed by atoms with Crippen LogP contribution in [0, 0.1) is 0 Å². The molecule has 17 heavy (non-hydrogen) atoms. The molecule has 0 spiro atoms. The number of halogens is 2. The molecule has 1 saturated heterocycles. The monoisotopic (exact) mass is 275 g/mol. The number of rotatable bonds is 2. The fraction of sp³-hybridized carbons (Fsp3) is 0.455. The number of amides is 1. The zero-order valence-electron chi connectivity index (χ0n) is 9.28. The fourth-order valence-electron chi connectivity index (χ4n) is 1.79. The zero-order chi connectivity index (χ0) is 11.4. The van der Waals surface area contributed by atoms with E-state index in [9.17, 15) is 4.79 Å². The molecule has 0 aromatic carbocycles. The van der Waals surface area contributed by atoms with Gasteiger partial charge in [-0.1, -0.05) is 11.6 Å². The number of nitrogens with zero attached hydrogens (tertiary/aromatic N) is 1. The van der Waals surface area contributed by atoms with E-state index in [0.29, 0.717) is 5.56 Å². The van der Waals surface area contributed by atoms with Crippen molar-refractivity contribution in [2.45, 2.75) is 18.9 Å². The summed E-state index contributed by atoms with van der Waals surface area (Å²) in [4.78, 5) is 15.8. The number of piperidine rings is 1. The Morgan fingerprint density at radius 2 is 2.41 bits per heavy atom. The Morgan fingerprint density at radius 1 is 1.59 bits per heavy atom. The summed E-state index contributed by atoms with van der Waals surface area (Å²) in [5, 5.41) is 6.45. The number of aromatic nitrogens is 1. The second-order valence-electron chi connectivity index (χ2n) is 3.86. The van der Waals surface area contributed by atoms with Gasteiger partial charge in [-0.3, -0.25) is 4.79 Å². The highest BCUT2D eigenvalue weighted by molar-refractivity contribution is 6.32. The van der Waals surface area contributed by atoms with E-state index in [-0.39, 0.29) is 29.5 Å². The fourth-order valence-corrected chi connectivity index (χ4v) is 2.00. The first kappa shape index (κ1) is 14.2. The Kier molecular flexibility index (Phi) is 5.68. The zero-order valence-corrected chi connectivity index (χ0v) is 10.9. The van der Waals surface area contributed by atoms with Crippen LogP contribution in [0.3, 0.4) is 0 Å². The molecule has 1 aromatic rings. The van der Waals surface area contributed by atoms with E-state index < -0.39 is 0 Å². The lowest BCUT2D eigenvalue weighted by atomic mass is 10.1. The van der Waals surface area contributed by atoms with Gasteiger partial charge in [0, 0.05) is 18.8 Å². The maximum absolute atomic E-state index is 11.9. The van der Waals surface area contributed by atoms with Crippen LogP contribution in [0.25, 0.3) is 0 Å². The first-order chi connectivity index (χ1) is 7.77. The van der Waals surface area contributed by atoms with Crippen molar-refractivity contribution in [2.75, 3.05) is 13.1 Å². The Balaban J connectivity index is 0.00000144. The molecular formula is C11H15Cl2N3O. The summed E-state index contributed by atoms with van der Waals surface area (Å²) in [7, 11) is 0. The van der Waals surface area contributed by atoms with Gasteiger partial charge in [0.05, 0.1) is 5.56 Å². The van der Waals surface area contributed by atoms with Gasteiger partial charge in [-0.25, -0.2) is 4.98 Å². The summed E-state index contributed by atoms with van der Waals surface area (Å²) in [5.74, 6) is -0.146. The van der Waals surface area contributed by atoms with Gasteiger partial charge < -0.3 is 10.6 Å². The lowest BCUT2D eigenvalue weighted by Gasteiger charge is -2.23. The molecule has 6 heteroatoms. The van der Waals surface area contributed by atoms with Crippen molar-refractivity contribution in [3.63, 3.8) is 0 Å². The number of carbonyl (C=O) groups is 1. The first-order valence-corrected chi connectivity index (χ1v) is 5.77. The van der Waals surface area contributed by atoms with E-state index in [1.807, 2.05) is 0 Å². The van der Waals surface area contributed by atoms with Gasteiger partial charge in [-0.2, -0.15) is 0 Å². The molecule has 1 aliphatic heterocycles. The molecular weight excluding hydrogens is 261 g/mol. The van der Waals surface area contributed by atoms with E-state index in [1.54, 1.807) is 18.3 Å². The van der Waals surface area contributed by atoms with Crippen LogP contribution in [0.1, 0.15) is 23.2 Å². The molecule has 1 aliphatic rings. The molecule has 1 atom stereocenters. The van der Waals surface area contributed by atoms with Gasteiger partial charge in [0.1, 0.15) is 5.15 Å².